The first kappa shape index (κ1) is 15.3. The summed E-state index contributed by atoms with van der Waals surface area (Å²) >= 11 is 0. The molecule has 112 valence electrons. The lowest BCUT2D eigenvalue weighted by molar-refractivity contribution is -0.126. The van der Waals surface area contributed by atoms with E-state index in [0.717, 1.165) is 44.0 Å². The van der Waals surface area contributed by atoms with Gasteiger partial charge in [-0.2, -0.15) is 0 Å². The first-order valence-electron chi connectivity index (χ1n) is 7.84. The quantitative estimate of drug-likeness (QED) is 0.793. The Morgan fingerprint density at radius 2 is 2.25 bits per heavy atom. The van der Waals surface area contributed by atoms with Crippen LogP contribution in [-0.2, 0) is 11.3 Å². The van der Waals surface area contributed by atoms with Crippen molar-refractivity contribution in [3.05, 3.63) is 23.7 Å². The van der Waals surface area contributed by atoms with Gasteiger partial charge in [-0.15, -0.1) is 0 Å². The zero-order valence-corrected chi connectivity index (χ0v) is 13.0. The Morgan fingerprint density at radius 1 is 1.45 bits per heavy atom. The highest BCUT2D eigenvalue weighted by molar-refractivity contribution is 5.81. The standard InChI is InChI=1S/C17H27NO2/c1-4-5-14-6-7-17(19)16(10-14)12-18(3)11-15-8-9-20-13(15)2/h8-9,14,16H,4-7,10-12H2,1-3H3. The molecule has 1 heterocycles. The number of hydrogen-bond donors (Lipinski definition) is 0. The third-order valence-electron chi connectivity index (χ3n) is 4.51. The molecular weight excluding hydrogens is 250 g/mol. The number of furan rings is 1. The molecule has 1 aliphatic rings. The molecule has 1 aromatic rings. The number of hydrogen-bond acceptors (Lipinski definition) is 3. The minimum atomic E-state index is 0.234. The van der Waals surface area contributed by atoms with Crippen molar-refractivity contribution in [2.45, 2.75) is 52.5 Å². The Morgan fingerprint density at radius 3 is 2.90 bits per heavy atom. The summed E-state index contributed by atoms with van der Waals surface area (Å²) in [5.74, 6) is 2.44. The van der Waals surface area contributed by atoms with Crippen LogP contribution in [-0.4, -0.2) is 24.3 Å². The van der Waals surface area contributed by atoms with Gasteiger partial charge < -0.3 is 9.32 Å². The molecule has 0 aromatic carbocycles. The van der Waals surface area contributed by atoms with E-state index in [1.54, 1.807) is 6.26 Å². The smallest absolute Gasteiger partial charge is 0.137 e. The number of ketones is 1. The summed E-state index contributed by atoms with van der Waals surface area (Å²) in [6.07, 6.45) is 7.22. The van der Waals surface area contributed by atoms with Gasteiger partial charge in [0.05, 0.1) is 6.26 Å². The molecule has 2 unspecified atom stereocenters. The molecule has 0 spiro atoms. The third-order valence-corrected chi connectivity index (χ3v) is 4.51. The topological polar surface area (TPSA) is 33.5 Å². The summed E-state index contributed by atoms with van der Waals surface area (Å²) in [5.41, 5.74) is 1.22. The van der Waals surface area contributed by atoms with Crippen LogP contribution in [0.5, 0.6) is 0 Å². The van der Waals surface area contributed by atoms with Crippen LogP contribution in [0.4, 0.5) is 0 Å². The SMILES string of the molecule is CCCC1CCC(=O)C(CN(C)Cc2ccoc2C)C1. The van der Waals surface area contributed by atoms with Crippen molar-refractivity contribution in [3.8, 4) is 0 Å². The van der Waals surface area contributed by atoms with E-state index >= 15 is 0 Å². The maximum absolute atomic E-state index is 12.1. The number of nitrogens with zero attached hydrogens (tertiary/aromatic N) is 1. The van der Waals surface area contributed by atoms with E-state index in [1.807, 2.05) is 13.0 Å². The van der Waals surface area contributed by atoms with Crippen molar-refractivity contribution < 1.29 is 9.21 Å². The molecule has 3 nitrogen and oxygen atoms in total. The fourth-order valence-corrected chi connectivity index (χ4v) is 3.36. The van der Waals surface area contributed by atoms with E-state index in [1.165, 1.54) is 18.4 Å². The van der Waals surface area contributed by atoms with Gasteiger partial charge in [0, 0.05) is 31.0 Å². The van der Waals surface area contributed by atoms with Gasteiger partial charge in [0.25, 0.3) is 0 Å². The van der Waals surface area contributed by atoms with Crippen LogP contribution >= 0.6 is 0 Å². The van der Waals surface area contributed by atoms with Crippen molar-refractivity contribution in [3.63, 3.8) is 0 Å². The Bertz CT molecular complexity index is 438. The molecule has 2 atom stereocenters. The van der Waals surface area contributed by atoms with Gasteiger partial charge >= 0.3 is 0 Å². The van der Waals surface area contributed by atoms with Crippen LogP contribution in [0.2, 0.25) is 0 Å². The fraction of sp³-hybridized carbons (Fsp3) is 0.706. The first-order valence-corrected chi connectivity index (χ1v) is 7.84. The van der Waals surface area contributed by atoms with Crippen molar-refractivity contribution in [2.24, 2.45) is 11.8 Å². The highest BCUT2D eigenvalue weighted by atomic mass is 16.3. The normalized spacial score (nSPS) is 23.5. The van der Waals surface area contributed by atoms with Gasteiger partial charge in [0.1, 0.15) is 11.5 Å². The summed E-state index contributed by atoms with van der Waals surface area (Å²) in [6, 6.07) is 2.02. The van der Waals surface area contributed by atoms with Crippen LogP contribution in [0.1, 0.15) is 50.4 Å². The number of Topliss-reactive ketones (excluding diaryl/α,β-unsaturated/α-hetero) is 1. The fourth-order valence-electron chi connectivity index (χ4n) is 3.36. The Balaban J connectivity index is 1.87. The summed E-state index contributed by atoms with van der Waals surface area (Å²) in [5, 5.41) is 0. The number of carbonyl (C=O) groups is 1. The molecule has 1 aromatic heterocycles. The molecule has 0 amide bonds. The number of aryl methyl sites for hydroxylation is 1. The van der Waals surface area contributed by atoms with Crippen LogP contribution in [0.15, 0.2) is 16.7 Å². The molecule has 1 aliphatic carbocycles. The van der Waals surface area contributed by atoms with E-state index in [0.29, 0.717) is 5.78 Å². The summed E-state index contributed by atoms with van der Waals surface area (Å²) in [6.45, 7) is 5.97. The highest BCUT2D eigenvalue weighted by Gasteiger charge is 2.29. The van der Waals surface area contributed by atoms with E-state index in [9.17, 15) is 4.79 Å². The lowest BCUT2D eigenvalue weighted by Crippen LogP contribution is -2.34. The largest absolute Gasteiger partial charge is 0.469 e. The van der Waals surface area contributed by atoms with Crippen molar-refractivity contribution in [1.29, 1.82) is 0 Å². The van der Waals surface area contributed by atoms with Gasteiger partial charge in [0.15, 0.2) is 0 Å². The van der Waals surface area contributed by atoms with E-state index in [2.05, 4.69) is 18.9 Å². The van der Waals surface area contributed by atoms with Gasteiger partial charge in [-0.1, -0.05) is 19.8 Å². The third kappa shape index (κ3) is 3.95. The van der Waals surface area contributed by atoms with Crippen LogP contribution < -0.4 is 0 Å². The Labute approximate surface area is 122 Å². The predicted molar refractivity (Wildman–Crippen MR) is 80.5 cm³/mol. The molecule has 0 saturated heterocycles. The maximum Gasteiger partial charge on any atom is 0.137 e. The average Bonchev–Trinajstić information content (AvgIpc) is 2.79. The van der Waals surface area contributed by atoms with E-state index < -0.39 is 0 Å². The molecule has 1 saturated carbocycles. The molecule has 0 N–H and O–H groups in total. The number of rotatable bonds is 6. The van der Waals surface area contributed by atoms with Crippen LogP contribution in [0, 0.1) is 18.8 Å². The zero-order chi connectivity index (χ0) is 14.5. The van der Waals surface area contributed by atoms with Crippen molar-refractivity contribution in [2.75, 3.05) is 13.6 Å². The highest BCUT2D eigenvalue weighted by Crippen LogP contribution is 2.30. The molecule has 2 rings (SSSR count). The van der Waals surface area contributed by atoms with Crippen molar-refractivity contribution >= 4 is 5.78 Å². The average molecular weight is 277 g/mol. The second kappa shape index (κ2) is 7.07. The predicted octanol–water partition coefficient (Wildman–Crippen LogP) is 3.81. The van der Waals surface area contributed by atoms with Gasteiger partial charge in [-0.3, -0.25) is 4.79 Å². The lowest BCUT2D eigenvalue weighted by Gasteiger charge is -2.30. The maximum atomic E-state index is 12.1. The Kier molecular flexibility index (Phi) is 5.41. The molecule has 0 aliphatic heterocycles. The monoisotopic (exact) mass is 277 g/mol. The van der Waals surface area contributed by atoms with Crippen LogP contribution in [0.25, 0.3) is 0 Å². The van der Waals surface area contributed by atoms with E-state index in [-0.39, 0.29) is 5.92 Å². The summed E-state index contributed by atoms with van der Waals surface area (Å²) < 4.78 is 5.33. The molecule has 1 fully saturated rings. The summed E-state index contributed by atoms with van der Waals surface area (Å²) in [4.78, 5) is 14.4. The van der Waals surface area contributed by atoms with Gasteiger partial charge in [-0.25, -0.2) is 0 Å². The molecule has 3 heteroatoms. The lowest BCUT2D eigenvalue weighted by atomic mass is 9.78. The Hall–Kier alpha value is -1.09. The zero-order valence-electron chi connectivity index (χ0n) is 13.0. The second-order valence-electron chi connectivity index (χ2n) is 6.29. The summed E-state index contributed by atoms with van der Waals surface area (Å²) in [7, 11) is 2.10. The van der Waals surface area contributed by atoms with E-state index in [4.69, 9.17) is 4.42 Å². The second-order valence-corrected chi connectivity index (χ2v) is 6.29. The molecule has 0 bridgehead atoms. The minimum absolute atomic E-state index is 0.234. The molecular formula is C17H27NO2. The van der Waals surface area contributed by atoms with Crippen LogP contribution in [0.3, 0.4) is 0 Å². The molecule has 20 heavy (non-hydrogen) atoms. The minimum Gasteiger partial charge on any atom is -0.469 e. The molecule has 0 radical (unpaired) electrons. The van der Waals surface area contributed by atoms with Gasteiger partial charge in [0.2, 0.25) is 0 Å². The van der Waals surface area contributed by atoms with Crippen molar-refractivity contribution in [1.82, 2.24) is 4.90 Å². The number of carbonyl (C=O) groups excluding carboxylic acids is 1. The first-order chi connectivity index (χ1) is 9.60. The van der Waals surface area contributed by atoms with Gasteiger partial charge in [-0.05, 0) is 38.8 Å².